The third kappa shape index (κ3) is 4.60. The molecule has 3 heteroatoms. The number of nitrogens with one attached hydrogen (secondary N) is 1. The second-order valence-corrected chi connectivity index (χ2v) is 3.99. The van der Waals surface area contributed by atoms with Crippen LogP contribution in [0.5, 0.6) is 0 Å². The number of nitrogens with zero attached hydrogens (tertiary/aromatic N) is 1. The van der Waals surface area contributed by atoms with Crippen LogP contribution in [-0.2, 0) is 4.79 Å². The van der Waals surface area contributed by atoms with Gasteiger partial charge in [-0.3, -0.25) is 9.69 Å². The topological polar surface area (TPSA) is 32.3 Å². The molecule has 0 saturated heterocycles. The molecule has 0 aromatic heterocycles. The van der Waals surface area contributed by atoms with Crippen LogP contribution in [0.3, 0.4) is 0 Å². The lowest BCUT2D eigenvalue weighted by molar-refractivity contribution is -0.114. The van der Waals surface area contributed by atoms with Crippen molar-refractivity contribution < 1.29 is 4.79 Å². The van der Waals surface area contributed by atoms with Gasteiger partial charge >= 0.3 is 0 Å². The minimum absolute atomic E-state index is 0.0759. The molecule has 1 rings (SSSR count). The van der Waals surface area contributed by atoms with E-state index in [1.165, 1.54) is 6.92 Å². The van der Waals surface area contributed by atoms with Gasteiger partial charge in [0.2, 0.25) is 5.91 Å². The summed E-state index contributed by atoms with van der Waals surface area (Å²) < 4.78 is 0. The Morgan fingerprint density at radius 3 is 2.56 bits per heavy atom. The molecule has 0 bridgehead atoms. The van der Waals surface area contributed by atoms with Crippen molar-refractivity contribution in [3.8, 4) is 11.8 Å². The monoisotopic (exact) mass is 244 g/mol. The zero-order valence-corrected chi connectivity index (χ0v) is 11.3. The van der Waals surface area contributed by atoms with E-state index in [1.807, 2.05) is 24.3 Å². The number of rotatable bonds is 4. The molecule has 1 N–H and O–H groups in total. The summed E-state index contributed by atoms with van der Waals surface area (Å²) >= 11 is 0. The first kappa shape index (κ1) is 14.3. The molecule has 18 heavy (non-hydrogen) atoms. The Hall–Kier alpha value is -1.79. The van der Waals surface area contributed by atoms with E-state index in [0.29, 0.717) is 0 Å². The fourth-order valence-corrected chi connectivity index (χ4v) is 1.58. The van der Waals surface area contributed by atoms with Gasteiger partial charge in [0, 0.05) is 12.5 Å². The lowest BCUT2D eigenvalue weighted by Crippen LogP contribution is -2.22. The number of para-hydroxylation sites is 1. The highest BCUT2D eigenvalue weighted by atomic mass is 16.1. The van der Waals surface area contributed by atoms with Gasteiger partial charge in [0.05, 0.1) is 12.2 Å². The Morgan fingerprint density at radius 1 is 1.28 bits per heavy atom. The summed E-state index contributed by atoms with van der Waals surface area (Å²) in [7, 11) is 0. The molecule has 1 aromatic carbocycles. The van der Waals surface area contributed by atoms with Gasteiger partial charge in [-0.1, -0.05) is 37.8 Å². The zero-order valence-electron chi connectivity index (χ0n) is 11.3. The Morgan fingerprint density at radius 2 is 1.94 bits per heavy atom. The molecule has 0 aliphatic rings. The number of hydrogen-bond acceptors (Lipinski definition) is 2. The molecule has 0 unspecified atom stereocenters. The van der Waals surface area contributed by atoms with Crippen LogP contribution in [0.2, 0.25) is 0 Å². The normalized spacial score (nSPS) is 9.78. The van der Waals surface area contributed by atoms with E-state index < -0.39 is 0 Å². The van der Waals surface area contributed by atoms with Gasteiger partial charge < -0.3 is 5.32 Å². The molecule has 0 aliphatic carbocycles. The first-order chi connectivity index (χ1) is 8.67. The highest BCUT2D eigenvalue weighted by Crippen LogP contribution is 2.13. The van der Waals surface area contributed by atoms with E-state index in [4.69, 9.17) is 0 Å². The minimum atomic E-state index is -0.0759. The Labute approximate surface area is 109 Å². The van der Waals surface area contributed by atoms with Crippen LogP contribution in [0.1, 0.15) is 26.3 Å². The molecule has 1 amide bonds. The van der Waals surface area contributed by atoms with E-state index >= 15 is 0 Å². The summed E-state index contributed by atoms with van der Waals surface area (Å²) in [4.78, 5) is 13.3. The molecule has 0 saturated carbocycles. The number of anilines is 1. The zero-order chi connectivity index (χ0) is 13.4. The van der Waals surface area contributed by atoms with Crippen LogP contribution in [0, 0.1) is 11.8 Å². The number of hydrogen-bond donors (Lipinski definition) is 1. The van der Waals surface area contributed by atoms with Crippen molar-refractivity contribution >= 4 is 11.6 Å². The van der Waals surface area contributed by atoms with Crippen molar-refractivity contribution in [2.45, 2.75) is 20.8 Å². The molecule has 1 aromatic rings. The van der Waals surface area contributed by atoms with Gasteiger partial charge in [-0.15, -0.1) is 0 Å². The average Bonchev–Trinajstić information content (AvgIpc) is 2.36. The summed E-state index contributed by atoms with van der Waals surface area (Å²) in [6, 6.07) is 7.59. The summed E-state index contributed by atoms with van der Waals surface area (Å²) in [6.45, 7) is 8.49. The average molecular weight is 244 g/mol. The third-order valence-corrected chi connectivity index (χ3v) is 2.66. The number of amides is 1. The van der Waals surface area contributed by atoms with Crippen LogP contribution < -0.4 is 5.32 Å². The highest BCUT2D eigenvalue weighted by molar-refractivity contribution is 5.90. The first-order valence-electron chi connectivity index (χ1n) is 6.25. The summed E-state index contributed by atoms with van der Waals surface area (Å²) in [5, 5.41) is 2.78. The van der Waals surface area contributed by atoms with Gasteiger partial charge in [-0.25, -0.2) is 0 Å². The van der Waals surface area contributed by atoms with Crippen molar-refractivity contribution in [3.63, 3.8) is 0 Å². The van der Waals surface area contributed by atoms with Crippen molar-refractivity contribution in [3.05, 3.63) is 29.8 Å². The third-order valence-electron chi connectivity index (χ3n) is 2.66. The van der Waals surface area contributed by atoms with E-state index in [-0.39, 0.29) is 5.91 Å². The molecular weight excluding hydrogens is 224 g/mol. The van der Waals surface area contributed by atoms with Gasteiger partial charge in [0.1, 0.15) is 0 Å². The van der Waals surface area contributed by atoms with Crippen LogP contribution >= 0.6 is 0 Å². The van der Waals surface area contributed by atoms with Crippen molar-refractivity contribution in [2.75, 3.05) is 25.0 Å². The minimum Gasteiger partial charge on any atom is -0.325 e. The summed E-state index contributed by atoms with van der Waals surface area (Å²) in [6.07, 6.45) is 0. The maximum atomic E-state index is 11.1. The van der Waals surface area contributed by atoms with E-state index in [0.717, 1.165) is 30.9 Å². The lowest BCUT2D eigenvalue weighted by Gasteiger charge is -2.13. The predicted molar refractivity (Wildman–Crippen MR) is 75.4 cm³/mol. The Balaban J connectivity index is 2.77. The highest BCUT2D eigenvalue weighted by Gasteiger charge is 2.00. The molecular formula is C15H20N2O. The second-order valence-electron chi connectivity index (χ2n) is 3.99. The summed E-state index contributed by atoms with van der Waals surface area (Å²) in [5.74, 6) is 6.18. The quantitative estimate of drug-likeness (QED) is 0.824. The summed E-state index contributed by atoms with van der Waals surface area (Å²) in [5.41, 5.74) is 1.64. The van der Waals surface area contributed by atoms with Crippen molar-refractivity contribution in [2.24, 2.45) is 0 Å². The van der Waals surface area contributed by atoms with Crippen molar-refractivity contribution in [1.29, 1.82) is 0 Å². The molecule has 0 atom stereocenters. The maximum absolute atomic E-state index is 11.1. The van der Waals surface area contributed by atoms with E-state index in [1.54, 1.807) is 0 Å². The molecule has 0 aliphatic heterocycles. The van der Waals surface area contributed by atoms with Crippen molar-refractivity contribution in [1.82, 2.24) is 4.90 Å². The van der Waals surface area contributed by atoms with Crippen LogP contribution in [0.25, 0.3) is 0 Å². The Bertz CT molecular complexity index is 453. The van der Waals surface area contributed by atoms with Gasteiger partial charge in [0.25, 0.3) is 0 Å². The molecule has 0 fully saturated rings. The second kappa shape index (κ2) is 7.52. The fraction of sp³-hybridized carbons (Fsp3) is 0.400. The lowest BCUT2D eigenvalue weighted by atomic mass is 10.2. The molecule has 0 radical (unpaired) electrons. The molecule has 0 spiro atoms. The van der Waals surface area contributed by atoms with E-state index in [9.17, 15) is 4.79 Å². The van der Waals surface area contributed by atoms with Crippen LogP contribution in [0.4, 0.5) is 5.69 Å². The maximum Gasteiger partial charge on any atom is 0.221 e. The standard InChI is InChI=1S/C15H20N2O/c1-4-17(5-2)12-8-10-14-9-6-7-11-15(14)16-13(3)18/h6-7,9,11H,4-5,12H2,1-3H3,(H,16,18). The van der Waals surface area contributed by atoms with E-state index in [2.05, 4.69) is 35.9 Å². The van der Waals surface area contributed by atoms with Crippen LogP contribution in [-0.4, -0.2) is 30.4 Å². The largest absolute Gasteiger partial charge is 0.325 e. The molecule has 0 heterocycles. The van der Waals surface area contributed by atoms with Crippen LogP contribution in [0.15, 0.2) is 24.3 Å². The SMILES string of the molecule is CCN(CC)CC#Cc1ccccc1NC(C)=O. The van der Waals surface area contributed by atoms with Gasteiger partial charge in [-0.05, 0) is 25.2 Å². The smallest absolute Gasteiger partial charge is 0.221 e. The molecule has 96 valence electrons. The fourth-order valence-electron chi connectivity index (χ4n) is 1.58. The predicted octanol–water partition coefficient (Wildman–Crippen LogP) is 2.34. The van der Waals surface area contributed by atoms with Gasteiger partial charge in [0.15, 0.2) is 0 Å². The Kier molecular flexibility index (Phi) is 5.96. The van der Waals surface area contributed by atoms with Gasteiger partial charge in [-0.2, -0.15) is 0 Å². The number of benzene rings is 1. The number of carbonyl (C=O) groups excluding carboxylic acids is 1. The number of carbonyl (C=O) groups is 1. The first-order valence-corrected chi connectivity index (χ1v) is 6.25. The molecule has 3 nitrogen and oxygen atoms in total.